The molecule has 1 aromatic rings. The summed E-state index contributed by atoms with van der Waals surface area (Å²) in [4.78, 5) is 2.51. The molecule has 1 fully saturated rings. The molecule has 1 heterocycles. The Kier molecular flexibility index (Phi) is 5.17. The number of likely N-dealkylation sites (N-methyl/N-ethyl adjacent to an activating group) is 1. The van der Waals surface area contributed by atoms with E-state index in [2.05, 4.69) is 47.5 Å². The van der Waals surface area contributed by atoms with Gasteiger partial charge in [-0.3, -0.25) is 4.90 Å². The van der Waals surface area contributed by atoms with Crippen LogP contribution in [0.15, 0.2) is 30.3 Å². The van der Waals surface area contributed by atoms with Crippen LogP contribution in [-0.4, -0.2) is 44.3 Å². The van der Waals surface area contributed by atoms with E-state index in [0.29, 0.717) is 12.1 Å². The van der Waals surface area contributed by atoms with E-state index in [1.54, 1.807) is 0 Å². The molecule has 0 aliphatic carbocycles. The second kappa shape index (κ2) is 6.88. The Balaban J connectivity index is 1.94. The van der Waals surface area contributed by atoms with Crippen LogP contribution >= 0.6 is 0 Å². The Morgan fingerprint density at radius 2 is 2.17 bits per heavy atom. The predicted molar refractivity (Wildman–Crippen MR) is 74.7 cm³/mol. The molecule has 0 bridgehead atoms. The van der Waals surface area contributed by atoms with Crippen LogP contribution in [-0.2, 0) is 4.74 Å². The molecule has 1 N–H and O–H groups in total. The highest BCUT2D eigenvalue weighted by atomic mass is 16.5. The maximum absolute atomic E-state index is 5.72. The van der Waals surface area contributed by atoms with Crippen molar-refractivity contribution < 1.29 is 4.74 Å². The van der Waals surface area contributed by atoms with Crippen molar-refractivity contribution in [3.8, 4) is 0 Å². The van der Waals surface area contributed by atoms with Gasteiger partial charge in [0, 0.05) is 25.7 Å². The predicted octanol–water partition coefficient (Wildman–Crippen LogP) is 2.06. The molecular formula is C15H24N2O. The Bertz CT molecular complexity index is 342. The van der Waals surface area contributed by atoms with Crippen LogP contribution in [0.25, 0.3) is 0 Å². The molecule has 0 saturated carbocycles. The summed E-state index contributed by atoms with van der Waals surface area (Å²) < 4.78 is 5.72. The Hall–Kier alpha value is -0.900. The lowest BCUT2D eigenvalue weighted by Gasteiger charge is -2.34. The molecular weight excluding hydrogens is 224 g/mol. The molecule has 1 aliphatic rings. The SMILES string of the molecule is CCC1CN(CC(NC)c2ccccc2)CCO1. The van der Waals surface area contributed by atoms with E-state index in [9.17, 15) is 0 Å². The Labute approximate surface area is 110 Å². The summed E-state index contributed by atoms with van der Waals surface area (Å²) in [7, 11) is 2.04. The van der Waals surface area contributed by atoms with Crippen molar-refractivity contribution in [3.05, 3.63) is 35.9 Å². The summed E-state index contributed by atoms with van der Waals surface area (Å²) in [6.45, 7) is 6.22. The molecule has 2 atom stereocenters. The zero-order valence-electron chi connectivity index (χ0n) is 11.4. The first-order valence-electron chi connectivity index (χ1n) is 6.89. The highest BCUT2D eigenvalue weighted by molar-refractivity contribution is 5.19. The summed E-state index contributed by atoms with van der Waals surface area (Å²) in [6.07, 6.45) is 1.51. The van der Waals surface area contributed by atoms with Crippen LogP contribution in [0.2, 0.25) is 0 Å². The molecule has 1 aliphatic heterocycles. The second-order valence-corrected chi connectivity index (χ2v) is 4.91. The number of nitrogens with one attached hydrogen (secondary N) is 1. The molecule has 100 valence electrons. The normalized spacial score (nSPS) is 22.9. The van der Waals surface area contributed by atoms with E-state index in [-0.39, 0.29) is 0 Å². The van der Waals surface area contributed by atoms with Crippen LogP contribution in [0.1, 0.15) is 24.9 Å². The van der Waals surface area contributed by atoms with Gasteiger partial charge in [-0.15, -0.1) is 0 Å². The number of benzene rings is 1. The van der Waals surface area contributed by atoms with E-state index in [4.69, 9.17) is 4.74 Å². The van der Waals surface area contributed by atoms with Crippen LogP contribution in [0.5, 0.6) is 0 Å². The summed E-state index contributed by atoms with van der Waals surface area (Å²) >= 11 is 0. The van der Waals surface area contributed by atoms with E-state index in [1.165, 1.54) is 5.56 Å². The topological polar surface area (TPSA) is 24.5 Å². The maximum Gasteiger partial charge on any atom is 0.0700 e. The van der Waals surface area contributed by atoms with Gasteiger partial charge < -0.3 is 10.1 Å². The molecule has 0 spiro atoms. The minimum absolute atomic E-state index is 0.404. The van der Waals surface area contributed by atoms with Gasteiger partial charge in [-0.1, -0.05) is 37.3 Å². The van der Waals surface area contributed by atoms with Gasteiger partial charge in [0.2, 0.25) is 0 Å². The zero-order valence-corrected chi connectivity index (χ0v) is 11.4. The third kappa shape index (κ3) is 3.55. The number of hydrogen-bond donors (Lipinski definition) is 1. The molecule has 1 aromatic carbocycles. The molecule has 0 amide bonds. The van der Waals surface area contributed by atoms with Crippen LogP contribution in [0.3, 0.4) is 0 Å². The minimum atomic E-state index is 0.404. The first-order chi connectivity index (χ1) is 8.83. The van der Waals surface area contributed by atoms with Crippen molar-refractivity contribution in [2.24, 2.45) is 0 Å². The van der Waals surface area contributed by atoms with Gasteiger partial charge in [-0.2, -0.15) is 0 Å². The molecule has 2 unspecified atom stereocenters. The maximum atomic E-state index is 5.72. The highest BCUT2D eigenvalue weighted by Gasteiger charge is 2.21. The average Bonchev–Trinajstić information content (AvgIpc) is 2.46. The van der Waals surface area contributed by atoms with Crippen molar-refractivity contribution in [1.29, 1.82) is 0 Å². The molecule has 0 radical (unpaired) electrons. The quantitative estimate of drug-likeness (QED) is 0.863. The summed E-state index contributed by atoms with van der Waals surface area (Å²) in [5.41, 5.74) is 1.36. The first kappa shape index (κ1) is 13.5. The molecule has 0 aromatic heterocycles. The first-order valence-corrected chi connectivity index (χ1v) is 6.89. The second-order valence-electron chi connectivity index (χ2n) is 4.91. The summed E-state index contributed by atoms with van der Waals surface area (Å²) in [5, 5.41) is 3.42. The lowest BCUT2D eigenvalue weighted by molar-refractivity contribution is -0.0320. The van der Waals surface area contributed by atoms with Crippen LogP contribution in [0.4, 0.5) is 0 Å². The lowest BCUT2D eigenvalue weighted by Crippen LogP contribution is -2.45. The lowest BCUT2D eigenvalue weighted by atomic mass is 10.1. The van der Waals surface area contributed by atoms with Gasteiger partial charge in [0.25, 0.3) is 0 Å². The summed E-state index contributed by atoms with van der Waals surface area (Å²) in [5.74, 6) is 0. The molecule has 3 heteroatoms. The monoisotopic (exact) mass is 248 g/mol. The zero-order chi connectivity index (χ0) is 12.8. The minimum Gasteiger partial charge on any atom is -0.376 e. The van der Waals surface area contributed by atoms with Gasteiger partial charge >= 0.3 is 0 Å². The summed E-state index contributed by atoms with van der Waals surface area (Å²) in [6, 6.07) is 11.1. The number of nitrogens with zero attached hydrogens (tertiary/aromatic N) is 1. The van der Waals surface area contributed by atoms with Gasteiger partial charge in [0.15, 0.2) is 0 Å². The largest absolute Gasteiger partial charge is 0.376 e. The van der Waals surface area contributed by atoms with Crippen molar-refractivity contribution in [1.82, 2.24) is 10.2 Å². The average molecular weight is 248 g/mol. The smallest absolute Gasteiger partial charge is 0.0700 e. The van der Waals surface area contributed by atoms with Gasteiger partial charge in [0.05, 0.1) is 12.7 Å². The molecule has 18 heavy (non-hydrogen) atoms. The van der Waals surface area contributed by atoms with E-state index < -0.39 is 0 Å². The molecule has 1 saturated heterocycles. The van der Waals surface area contributed by atoms with Crippen LogP contribution in [0, 0.1) is 0 Å². The fraction of sp³-hybridized carbons (Fsp3) is 0.600. The fourth-order valence-electron chi connectivity index (χ4n) is 2.50. The number of morpholine rings is 1. The highest BCUT2D eigenvalue weighted by Crippen LogP contribution is 2.16. The van der Waals surface area contributed by atoms with E-state index in [0.717, 1.165) is 32.7 Å². The van der Waals surface area contributed by atoms with Crippen molar-refractivity contribution in [2.45, 2.75) is 25.5 Å². The van der Waals surface area contributed by atoms with Gasteiger partial charge in [0.1, 0.15) is 0 Å². The van der Waals surface area contributed by atoms with Crippen molar-refractivity contribution in [2.75, 3.05) is 33.3 Å². The third-order valence-corrected chi connectivity index (χ3v) is 3.67. The Morgan fingerprint density at radius 3 is 2.83 bits per heavy atom. The Morgan fingerprint density at radius 1 is 1.39 bits per heavy atom. The van der Waals surface area contributed by atoms with Gasteiger partial charge in [-0.25, -0.2) is 0 Å². The van der Waals surface area contributed by atoms with E-state index >= 15 is 0 Å². The number of ether oxygens (including phenoxy) is 1. The van der Waals surface area contributed by atoms with Crippen molar-refractivity contribution in [3.63, 3.8) is 0 Å². The van der Waals surface area contributed by atoms with E-state index in [1.807, 2.05) is 7.05 Å². The van der Waals surface area contributed by atoms with Crippen LogP contribution < -0.4 is 5.32 Å². The fourth-order valence-corrected chi connectivity index (χ4v) is 2.50. The molecule has 2 rings (SSSR count). The number of hydrogen-bond acceptors (Lipinski definition) is 3. The third-order valence-electron chi connectivity index (χ3n) is 3.67. The van der Waals surface area contributed by atoms with Gasteiger partial charge in [-0.05, 0) is 19.0 Å². The molecule has 3 nitrogen and oxygen atoms in total. The standard InChI is InChI=1S/C15H24N2O/c1-3-14-11-17(9-10-18-14)12-15(16-2)13-7-5-4-6-8-13/h4-8,14-16H,3,9-12H2,1-2H3. The van der Waals surface area contributed by atoms with Crippen molar-refractivity contribution >= 4 is 0 Å². The number of rotatable bonds is 5.